The van der Waals surface area contributed by atoms with Crippen LogP contribution in [0.15, 0.2) is 30.5 Å². The summed E-state index contributed by atoms with van der Waals surface area (Å²) in [5.74, 6) is 0.799. The summed E-state index contributed by atoms with van der Waals surface area (Å²) >= 11 is 0. The van der Waals surface area contributed by atoms with Gasteiger partial charge in [-0.25, -0.2) is 0 Å². The van der Waals surface area contributed by atoms with Gasteiger partial charge in [0.25, 0.3) is 0 Å². The molecule has 0 atom stereocenters. The molecule has 2 aromatic rings. The van der Waals surface area contributed by atoms with Crippen molar-refractivity contribution >= 4 is 5.69 Å². The van der Waals surface area contributed by atoms with Gasteiger partial charge in [-0.3, -0.25) is 4.68 Å². The van der Waals surface area contributed by atoms with Gasteiger partial charge in [0.05, 0.1) is 12.8 Å². The zero-order chi connectivity index (χ0) is 10.8. The van der Waals surface area contributed by atoms with Crippen LogP contribution in [0.5, 0.6) is 5.75 Å². The van der Waals surface area contributed by atoms with Gasteiger partial charge in [-0.15, -0.1) is 0 Å². The molecule has 4 heteroatoms. The van der Waals surface area contributed by atoms with E-state index in [0.29, 0.717) is 5.69 Å². The van der Waals surface area contributed by atoms with Crippen LogP contribution in [0, 0.1) is 0 Å². The number of methoxy groups -OCH3 is 1. The number of ether oxygens (including phenoxy) is 1. The van der Waals surface area contributed by atoms with Gasteiger partial charge in [0.15, 0.2) is 0 Å². The Morgan fingerprint density at radius 2 is 2.13 bits per heavy atom. The Hall–Kier alpha value is -1.97. The van der Waals surface area contributed by atoms with Gasteiger partial charge in [0.1, 0.15) is 5.75 Å². The van der Waals surface area contributed by atoms with Gasteiger partial charge in [-0.1, -0.05) is 0 Å². The third kappa shape index (κ3) is 1.66. The second-order valence-corrected chi connectivity index (χ2v) is 3.30. The molecule has 4 nitrogen and oxygen atoms in total. The first kappa shape index (κ1) is 9.58. The number of benzene rings is 1. The Bertz CT molecular complexity index is 476. The fourth-order valence-electron chi connectivity index (χ4n) is 1.56. The molecule has 2 rings (SSSR count). The highest BCUT2D eigenvalue weighted by Gasteiger charge is 2.09. The molecule has 15 heavy (non-hydrogen) atoms. The second kappa shape index (κ2) is 3.65. The summed E-state index contributed by atoms with van der Waals surface area (Å²) in [5.41, 5.74) is 8.41. The first-order valence-corrected chi connectivity index (χ1v) is 4.64. The molecular formula is C11H13N3O. The van der Waals surface area contributed by atoms with Crippen LogP contribution < -0.4 is 10.5 Å². The molecule has 0 aliphatic heterocycles. The Kier molecular flexibility index (Phi) is 2.33. The van der Waals surface area contributed by atoms with Crippen molar-refractivity contribution in [2.24, 2.45) is 7.05 Å². The molecule has 0 spiro atoms. The van der Waals surface area contributed by atoms with Crippen LogP contribution in [-0.4, -0.2) is 16.9 Å². The summed E-state index contributed by atoms with van der Waals surface area (Å²) < 4.78 is 7.07. The van der Waals surface area contributed by atoms with Crippen LogP contribution in [0.4, 0.5) is 5.69 Å². The van der Waals surface area contributed by atoms with Gasteiger partial charge in [-0.05, 0) is 24.3 Å². The zero-order valence-corrected chi connectivity index (χ0v) is 8.77. The lowest BCUT2D eigenvalue weighted by molar-refractivity contribution is 0.416. The molecule has 0 fully saturated rings. The molecule has 2 N–H and O–H groups in total. The van der Waals surface area contributed by atoms with Gasteiger partial charge in [0.2, 0.25) is 0 Å². The lowest BCUT2D eigenvalue weighted by Crippen LogP contribution is -1.97. The predicted molar refractivity (Wildman–Crippen MR) is 59.6 cm³/mol. The maximum atomic E-state index is 5.75. The molecule has 0 saturated carbocycles. The van der Waals surface area contributed by atoms with Crippen molar-refractivity contribution in [3.63, 3.8) is 0 Å². The van der Waals surface area contributed by atoms with E-state index < -0.39 is 0 Å². The summed E-state index contributed by atoms with van der Waals surface area (Å²) in [6, 6.07) is 7.49. The van der Waals surface area contributed by atoms with E-state index in [-0.39, 0.29) is 0 Å². The van der Waals surface area contributed by atoms with Gasteiger partial charge < -0.3 is 10.5 Å². The highest BCUT2D eigenvalue weighted by atomic mass is 16.5. The molecule has 0 aliphatic carbocycles. The molecule has 1 aromatic carbocycles. The number of nitrogens with zero attached hydrogens (tertiary/aromatic N) is 2. The van der Waals surface area contributed by atoms with Gasteiger partial charge in [-0.2, -0.15) is 5.10 Å². The Morgan fingerprint density at radius 3 is 2.73 bits per heavy atom. The lowest BCUT2D eigenvalue weighted by atomic mass is 10.1. The van der Waals surface area contributed by atoms with Crippen molar-refractivity contribution in [3.8, 4) is 17.0 Å². The number of nitrogens with two attached hydrogens (primary N) is 1. The summed E-state index contributed by atoms with van der Waals surface area (Å²) in [5, 5.41) is 4.12. The maximum absolute atomic E-state index is 5.75. The van der Waals surface area contributed by atoms with E-state index in [1.165, 1.54) is 0 Å². The van der Waals surface area contributed by atoms with E-state index in [0.717, 1.165) is 17.0 Å². The molecule has 1 heterocycles. The fourth-order valence-corrected chi connectivity index (χ4v) is 1.56. The maximum Gasteiger partial charge on any atom is 0.128 e. The lowest BCUT2D eigenvalue weighted by Gasteiger charge is -2.09. The van der Waals surface area contributed by atoms with Gasteiger partial charge >= 0.3 is 0 Å². The fraction of sp³-hybridized carbons (Fsp3) is 0.182. The van der Waals surface area contributed by atoms with Crippen LogP contribution in [0.2, 0.25) is 0 Å². The normalized spacial score (nSPS) is 10.3. The number of aromatic nitrogens is 2. The molecule has 0 amide bonds. The third-order valence-electron chi connectivity index (χ3n) is 2.32. The Labute approximate surface area is 88.3 Å². The van der Waals surface area contributed by atoms with E-state index in [9.17, 15) is 0 Å². The smallest absolute Gasteiger partial charge is 0.128 e. The number of anilines is 1. The monoisotopic (exact) mass is 203 g/mol. The highest BCUT2D eigenvalue weighted by Crippen LogP contribution is 2.30. The quantitative estimate of drug-likeness (QED) is 0.755. The minimum Gasteiger partial charge on any atom is -0.496 e. The first-order valence-electron chi connectivity index (χ1n) is 4.64. The molecule has 1 aromatic heterocycles. The second-order valence-electron chi connectivity index (χ2n) is 3.30. The summed E-state index contributed by atoms with van der Waals surface area (Å²) in [6.45, 7) is 0. The third-order valence-corrected chi connectivity index (χ3v) is 2.32. The van der Waals surface area contributed by atoms with E-state index in [1.54, 1.807) is 18.0 Å². The first-order chi connectivity index (χ1) is 7.22. The standard InChI is InChI=1S/C11H13N3O/c1-14-10(5-6-13-14)9-7-8(12)3-4-11(9)15-2/h3-7H,12H2,1-2H3. The zero-order valence-electron chi connectivity index (χ0n) is 8.77. The van der Waals surface area contributed by atoms with Gasteiger partial charge in [0, 0.05) is 24.5 Å². The Morgan fingerprint density at radius 1 is 1.33 bits per heavy atom. The number of nitrogen functional groups attached to an aromatic ring is 1. The molecule has 0 aliphatic rings. The molecular weight excluding hydrogens is 190 g/mol. The minimum atomic E-state index is 0.715. The predicted octanol–water partition coefficient (Wildman–Crippen LogP) is 1.68. The summed E-state index contributed by atoms with van der Waals surface area (Å²) in [7, 11) is 3.53. The molecule has 0 bridgehead atoms. The van der Waals surface area contributed by atoms with Crippen LogP contribution in [0.1, 0.15) is 0 Å². The van der Waals surface area contributed by atoms with Crippen molar-refractivity contribution in [2.75, 3.05) is 12.8 Å². The van der Waals surface area contributed by atoms with E-state index in [2.05, 4.69) is 5.10 Å². The summed E-state index contributed by atoms with van der Waals surface area (Å²) in [6.07, 6.45) is 1.75. The van der Waals surface area contributed by atoms with Crippen molar-refractivity contribution in [2.45, 2.75) is 0 Å². The SMILES string of the molecule is COc1ccc(N)cc1-c1ccnn1C. The molecule has 78 valence electrons. The van der Waals surface area contributed by atoms with Crippen molar-refractivity contribution in [3.05, 3.63) is 30.5 Å². The van der Waals surface area contributed by atoms with E-state index in [4.69, 9.17) is 10.5 Å². The van der Waals surface area contributed by atoms with Crippen LogP contribution in [0.25, 0.3) is 11.3 Å². The molecule has 0 saturated heterocycles. The van der Waals surface area contributed by atoms with Crippen molar-refractivity contribution in [1.82, 2.24) is 9.78 Å². The average Bonchev–Trinajstić information content (AvgIpc) is 2.64. The number of hydrogen-bond acceptors (Lipinski definition) is 3. The summed E-state index contributed by atoms with van der Waals surface area (Å²) in [4.78, 5) is 0. The molecule has 0 radical (unpaired) electrons. The van der Waals surface area contributed by atoms with Crippen LogP contribution >= 0.6 is 0 Å². The van der Waals surface area contributed by atoms with Crippen molar-refractivity contribution < 1.29 is 4.74 Å². The average molecular weight is 203 g/mol. The van der Waals surface area contributed by atoms with E-state index in [1.807, 2.05) is 31.3 Å². The Balaban J connectivity index is 2.60. The molecule has 0 unspecified atom stereocenters. The van der Waals surface area contributed by atoms with Crippen LogP contribution in [-0.2, 0) is 7.05 Å². The highest BCUT2D eigenvalue weighted by molar-refractivity contribution is 5.71. The topological polar surface area (TPSA) is 53.1 Å². The number of hydrogen-bond donors (Lipinski definition) is 1. The number of rotatable bonds is 2. The van der Waals surface area contributed by atoms with Crippen LogP contribution in [0.3, 0.4) is 0 Å². The largest absolute Gasteiger partial charge is 0.496 e. The van der Waals surface area contributed by atoms with E-state index >= 15 is 0 Å². The number of aryl methyl sites for hydroxylation is 1. The van der Waals surface area contributed by atoms with Crippen molar-refractivity contribution in [1.29, 1.82) is 0 Å². The minimum absolute atomic E-state index is 0.715.